The second kappa shape index (κ2) is 3.58. The molecule has 0 radical (unpaired) electrons. The predicted molar refractivity (Wildman–Crippen MR) is 59.5 cm³/mol. The second-order valence-electron chi connectivity index (χ2n) is 6.36. The van der Waals surface area contributed by atoms with Crippen molar-refractivity contribution in [1.29, 1.82) is 0 Å². The van der Waals surface area contributed by atoms with Crippen molar-refractivity contribution in [3.05, 3.63) is 0 Å². The molecule has 1 N–H and O–H groups in total. The maximum absolute atomic E-state index is 11.8. The van der Waals surface area contributed by atoms with Crippen molar-refractivity contribution in [1.82, 2.24) is 0 Å². The van der Waals surface area contributed by atoms with Gasteiger partial charge in [0.25, 0.3) is 0 Å². The van der Waals surface area contributed by atoms with Crippen LogP contribution >= 0.6 is 0 Å². The van der Waals surface area contributed by atoms with Crippen molar-refractivity contribution in [2.75, 3.05) is 0 Å². The molecule has 0 aromatic heterocycles. The monoisotopic (exact) mass is 210 g/mol. The molecule has 0 aliphatic heterocycles. The van der Waals surface area contributed by atoms with Crippen molar-refractivity contribution >= 4 is 5.78 Å². The van der Waals surface area contributed by atoms with Crippen LogP contribution in [0, 0.1) is 10.8 Å². The predicted octanol–water partition coefficient (Wildman–Crippen LogP) is 2.69. The highest BCUT2D eigenvalue weighted by atomic mass is 16.3. The van der Waals surface area contributed by atoms with Gasteiger partial charge in [-0.15, -0.1) is 0 Å². The third-order valence-electron chi connectivity index (χ3n) is 4.16. The third-order valence-corrected chi connectivity index (χ3v) is 4.16. The summed E-state index contributed by atoms with van der Waals surface area (Å²) in [6.07, 6.45) is 6.34. The number of Topliss-reactive ketones (excluding diaryl/α,β-unsaturated/α-hetero) is 1. The Labute approximate surface area is 92.1 Å². The summed E-state index contributed by atoms with van der Waals surface area (Å²) in [7, 11) is 0. The van der Waals surface area contributed by atoms with Gasteiger partial charge < -0.3 is 5.11 Å². The summed E-state index contributed by atoms with van der Waals surface area (Å²) in [5, 5.41) is 10.2. The van der Waals surface area contributed by atoms with Gasteiger partial charge in [-0.3, -0.25) is 4.79 Å². The first-order chi connectivity index (χ1) is 6.94. The van der Waals surface area contributed by atoms with Crippen LogP contribution in [-0.2, 0) is 4.79 Å². The first-order valence-electron chi connectivity index (χ1n) is 6.13. The topological polar surface area (TPSA) is 37.3 Å². The zero-order chi connectivity index (χ0) is 11.1. The number of hydrogen-bond donors (Lipinski definition) is 1. The molecule has 2 aliphatic carbocycles. The van der Waals surface area contributed by atoms with Gasteiger partial charge >= 0.3 is 0 Å². The Balaban J connectivity index is 2.22. The van der Waals surface area contributed by atoms with Gasteiger partial charge in [0, 0.05) is 18.3 Å². The van der Waals surface area contributed by atoms with Gasteiger partial charge in [-0.25, -0.2) is 0 Å². The van der Waals surface area contributed by atoms with E-state index >= 15 is 0 Å². The highest BCUT2D eigenvalue weighted by Crippen LogP contribution is 2.52. The highest BCUT2D eigenvalue weighted by molar-refractivity contribution is 5.80. The van der Waals surface area contributed by atoms with E-state index < -0.39 is 0 Å². The molecule has 0 aromatic rings. The normalized spacial score (nSPS) is 40.7. The van der Waals surface area contributed by atoms with E-state index in [0.29, 0.717) is 18.6 Å². The minimum Gasteiger partial charge on any atom is -0.393 e. The standard InChI is InChI=1S/C13H22O2/c1-12(2)7-10(14)8-13(9-12)6-4-3-5-11(13)15/h11,15H,3-9H2,1-2H3/t11-,13+/m1/s1. The molecule has 0 amide bonds. The van der Waals surface area contributed by atoms with Crippen LogP contribution in [0.2, 0.25) is 0 Å². The Hall–Kier alpha value is -0.370. The summed E-state index contributed by atoms with van der Waals surface area (Å²) in [5.41, 5.74) is 0.0186. The quantitative estimate of drug-likeness (QED) is 0.667. The number of ketones is 1. The molecule has 15 heavy (non-hydrogen) atoms. The van der Waals surface area contributed by atoms with Crippen molar-refractivity contribution < 1.29 is 9.90 Å². The summed E-state index contributed by atoms with van der Waals surface area (Å²) in [6.45, 7) is 4.32. The zero-order valence-electron chi connectivity index (χ0n) is 9.88. The summed E-state index contributed by atoms with van der Waals surface area (Å²) >= 11 is 0. The second-order valence-corrected chi connectivity index (χ2v) is 6.36. The molecule has 1 spiro atoms. The van der Waals surface area contributed by atoms with E-state index in [2.05, 4.69) is 13.8 Å². The molecule has 0 heterocycles. The molecule has 2 heteroatoms. The summed E-state index contributed by atoms with van der Waals surface area (Å²) in [5.74, 6) is 0.354. The molecule has 2 fully saturated rings. The smallest absolute Gasteiger partial charge is 0.134 e. The molecule has 0 unspecified atom stereocenters. The molecular formula is C13H22O2. The van der Waals surface area contributed by atoms with Crippen LogP contribution in [-0.4, -0.2) is 17.0 Å². The molecule has 2 aliphatic rings. The van der Waals surface area contributed by atoms with Gasteiger partial charge in [0.1, 0.15) is 5.78 Å². The van der Waals surface area contributed by atoms with E-state index in [1.54, 1.807) is 0 Å². The Morgan fingerprint density at radius 1 is 1.27 bits per heavy atom. The zero-order valence-corrected chi connectivity index (χ0v) is 9.88. The SMILES string of the molecule is CC1(C)CC(=O)C[C@@]2(CCCC[C@H]2O)C1. The van der Waals surface area contributed by atoms with Gasteiger partial charge in [-0.05, 0) is 24.7 Å². The van der Waals surface area contributed by atoms with Crippen LogP contribution in [0.5, 0.6) is 0 Å². The highest BCUT2D eigenvalue weighted by Gasteiger charge is 2.48. The maximum Gasteiger partial charge on any atom is 0.134 e. The number of rotatable bonds is 0. The van der Waals surface area contributed by atoms with Crippen LogP contribution in [0.3, 0.4) is 0 Å². The Morgan fingerprint density at radius 2 is 2.00 bits per heavy atom. The maximum atomic E-state index is 11.8. The van der Waals surface area contributed by atoms with E-state index in [4.69, 9.17) is 0 Å². The van der Waals surface area contributed by atoms with Gasteiger partial charge in [0.05, 0.1) is 6.10 Å². The average Bonchev–Trinajstić information content (AvgIpc) is 2.07. The van der Waals surface area contributed by atoms with Crippen LogP contribution in [0.4, 0.5) is 0 Å². The Bertz CT molecular complexity index is 270. The fourth-order valence-corrected chi connectivity index (χ4v) is 3.77. The van der Waals surface area contributed by atoms with Crippen LogP contribution < -0.4 is 0 Å². The lowest BCUT2D eigenvalue weighted by Crippen LogP contribution is -2.47. The molecule has 2 saturated carbocycles. The molecule has 2 nitrogen and oxygen atoms in total. The molecule has 2 atom stereocenters. The molecule has 0 aromatic carbocycles. The molecular weight excluding hydrogens is 188 g/mol. The number of carbonyl (C=O) groups is 1. The first kappa shape index (κ1) is 11.1. The fraction of sp³-hybridized carbons (Fsp3) is 0.923. The minimum atomic E-state index is -0.241. The van der Waals surface area contributed by atoms with Crippen LogP contribution in [0.15, 0.2) is 0 Å². The minimum absolute atomic E-state index is 0.0723. The Kier molecular flexibility index (Phi) is 2.66. The largest absolute Gasteiger partial charge is 0.393 e. The number of aliphatic hydroxyl groups is 1. The molecule has 0 bridgehead atoms. The van der Waals surface area contributed by atoms with E-state index in [1.165, 1.54) is 6.42 Å². The summed E-state index contributed by atoms with van der Waals surface area (Å²) < 4.78 is 0. The van der Waals surface area contributed by atoms with E-state index in [1.807, 2.05) is 0 Å². The molecule has 0 saturated heterocycles. The summed E-state index contributed by atoms with van der Waals surface area (Å²) in [6, 6.07) is 0. The number of aliphatic hydroxyl groups excluding tert-OH is 1. The molecule has 86 valence electrons. The lowest BCUT2D eigenvalue weighted by atomic mass is 9.57. The van der Waals surface area contributed by atoms with Crippen molar-refractivity contribution in [2.24, 2.45) is 10.8 Å². The fourth-order valence-electron chi connectivity index (χ4n) is 3.77. The van der Waals surface area contributed by atoms with Gasteiger partial charge in [-0.1, -0.05) is 26.7 Å². The third kappa shape index (κ3) is 2.10. The Morgan fingerprint density at radius 3 is 2.60 bits per heavy atom. The van der Waals surface area contributed by atoms with Crippen molar-refractivity contribution in [2.45, 2.75) is 64.9 Å². The van der Waals surface area contributed by atoms with Crippen LogP contribution in [0.25, 0.3) is 0 Å². The van der Waals surface area contributed by atoms with Gasteiger partial charge in [-0.2, -0.15) is 0 Å². The van der Waals surface area contributed by atoms with Crippen LogP contribution in [0.1, 0.15) is 58.8 Å². The van der Waals surface area contributed by atoms with E-state index in [0.717, 1.165) is 25.7 Å². The van der Waals surface area contributed by atoms with Gasteiger partial charge in [0.15, 0.2) is 0 Å². The number of hydrogen-bond acceptors (Lipinski definition) is 2. The average molecular weight is 210 g/mol. The number of carbonyl (C=O) groups excluding carboxylic acids is 1. The van der Waals surface area contributed by atoms with Crippen molar-refractivity contribution in [3.63, 3.8) is 0 Å². The lowest BCUT2D eigenvalue weighted by Gasteiger charge is -2.49. The lowest BCUT2D eigenvalue weighted by molar-refractivity contribution is -0.137. The van der Waals surface area contributed by atoms with Gasteiger partial charge in [0.2, 0.25) is 0 Å². The van der Waals surface area contributed by atoms with E-state index in [-0.39, 0.29) is 16.9 Å². The molecule has 2 rings (SSSR count). The first-order valence-corrected chi connectivity index (χ1v) is 6.13. The van der Waals surface area contributed by atoms with E-state index in [9.17, 15) is 9.90 Å². The van der Waals surface area contributed by atoms with Crippen molar-refractivity contribution in [3.8, 4) is 0 Å². The summed E-state index contributed by atoms with van der Waals surface area (Å²) in [4.78, 5) is 11.8.